The van der Waals surface area contributed by atoms with Gasteiger partial charge in [-0.1, -0.05) is 20.8 Å². The standard InChI is InChI=1S/C14H24N4O/c1-5-11-8-10(9-12(16-11)18-15)13(19)17-14(4,6-2)7-3/h8-9H,5-7,15H2,1-4H3,(H,16,18)(H,17,19). The number of aryl methyl sites for hydroxylation is 1. The van der Waals surface area contributed by atoms with Crippen LogP contribution in [0.1, 0.15) is 56.6 Å². The molecule has 4 N–H and O–H groups in total. The third-order valence-electron chi connectivity index (χ3n) is 3.63. The summed E-state index contributed by atoms with van der Waals surface area (Å²) in [7, 11) is 0. The number of carbonyl (C=O) groups excluding carboxylic acids is 1. The molecule has 0 spiro atoms. The summed E-state index contributed by atoms with van der Waals surface area (Å²) in [5, 5.41) is 3.08. The monoisotopic (exact) mass is 264 g/mol. The van der Waals surface area contributed by atoms with Crippen LogP contribution in [0.5, 0.6) is 0 Å². The van der Waals surface area contributed by atoms with E-state index < -0.39 is 0 Å². The van der Waals surface area contributed by atoms with Crippen LogP contribution in [0.3, 0.4) is 0 Å². The lowest BCUT2D eigenvalue weighted by Crippen LogP contribution is -2.45. The van der Waals surface area contributed by atoms with Crippen LogP contribution < -0.4 is 16.6 Å². The first-order valence-corrected chi connectivity index (χ1v) is 6.78. The van der Waals surface area contributed by atoms with Gasteiger partial charge in [0.2, 0.25) is 0 Å². The molecule has 0 fully saturated rings. The molecule has 0 aliphatic heterocycles. The second kappa shape index (κ2) is 6.52. The molecule has 0 saturated carbocycles. The lowest BCUT2D eigenvalue weighted by Gasteiger charge is -2.28. The number of pyridine rings is 1. The Morgan fingerprint density at radius 2 is 1.95 bits per heavy atom. The second-order valence-electron chi connectivity index (χ2n) is 4.95. The van der Waals surface area contributed by atoms with E-state index in [1.165, 1.54) is 0 Å². The molecule has 1 amide bonds. The van der Waals surface area contributed by atoms with Gasteiger partial charge in [-0.25, -0.2) is 10.8 Å². The maximum absolute atomic E-state index is 12.3. The van der Waals surface area contributed by atoms with Crippen LogP contribution in [-0.2, 0) is 6.42 Å². The number of nitrogens with one attached hydrogen (secondary N) is 2. The number of anilines is 1. The number of carbonyl (C=O) groups is 1. The Hall–Kier alpha value is -1.62. The van der Waals surface area contributed by atoms with Crippen LogP contribution >= 0.6 is 0 Å². The van der Waals surface area contributed by atoms with Gasteiger partial charge < -0.3 is 10.7 Å². The zero-order valence-corrected chi connectivity index (χ0v) is 12.2. The highest BCUT2D eigenvalue weighted by molar-refractivity contribution is 5.95. The predicted molar refractivity (Wildman–Crippen MR) is 77.9 cm³/mol. The fraction of sp³-hybridized carbons (Fsp3) is 0.571. The summed E-state index contributed by atoms with van der Waals surface area (Å²) >= 11 is 0. The number of nitrogen functional groups attached to an aromatic ring is 1. The first-order chi connectivity index (χ1) is 8.97. The average molecular weight is 264 g/mol. The third kappa shape index (κ3) is 3.92. The van der Waals surface area contributed by atoms with Gasteiger partial charge in [0.1, 0.15) is 5.82 Å². The Labute approximate surface area is 115 Å². The fourth-order valence-corrected chi connectivity index (χ4v) is 1.75. The van der Waals surface area contributed by atoms with Gasteiger partial charge in [-0.15, -0.1) is 0 Å². The van der Waals surface area contributed by atoms with Crippen molar-refractivity contribution in [3.8, 4) is 0 Å². The van der Waals surface area contributed by atoms with Crippen molar-refractivity contribution < 1.29 is 4.79 Å². The van der Waals surface area contributed by atoms with Gasteiger partial charge in [0.15, 0.2) is 0 Å². The highest BCUT2D eigenvalue weighted by Gasteiger charge is 2.23. The topological polar surface area (TPSA) is 80.0 Å². The molecule has 1 heterocycles. The minimum Gasteiger partial charge on any atom is -0.347 e. The Balaban J connectivity index is 2.99. The van der Waals surface area contributed by atoms with Gasteiger partial charge in [0.25, 0.3) is 5.91 Å². The number of aromatic nitrogens is 1. The Bertz CT molecular complexity index is 419. The Morgan fingerprint density at radius 1 is 1.32 bits per heavy atom. The quantitative estimate of drug-likeness (QED) is 0.544. The first-order valence-electron chi connectivity index (χ1n) is 6.78. The van der Waals surface area contributed by atoms with E-state index in [1.54, 1.807) is 6.07 Å². The number of nitrogens with two attached hydrogens (primary N) is 1. The molecule has 0 aromatic carbocycles. The van der Waals surface area contributed by atoms with E-state index in [0.717, 1.165) is 25.0 Å². The number of hydrazine groups is 1. The number of rotatable bonds is 6. The summed E-state index contributed by atoms with van der Waals surface area (Å²) in [5.74, 6) is 5.81. The van der Waals surface area contributed by atoms with Crippen molar-refractivity contribution in [2.75, 3.05) is 5.43 Å². The van der Waals surface area contributed by atoms with E-state index in [0.29, 0.717) is 11.4 Å². The molecule has 1 aromatic rings. The molecular formula is C14H24N4O. The van der Waals surface area contributed by atoms with Gasteiger partial charge in [-0.2, -0.15) is 0 Å². The van der Waals surface area contributed by atoms with E-state index >= 15 is 0 Å². The smallest absolute Gasteiger partial charge is 0.251 e. The molecule has 5 heteroatoms. The molecule has 5 nitrogen and oxygen atoms in total. The number of hydrogen-bond donors (Lipinski definition) is 3. The highest BCUT2D eigenvalue weighted by Crippen LogP contribution is 2.16. The van der Waals surface area contributed by atoms with Gasteiger partial charge in [-0.05, 0) is 38.3 Å². The van der Waals surface area contributed by atoms with Crippen LogP contribution in [0, 0.1) is 0 Å². The van der Waals surface area contributed by atoms with Crippen molar-refractivity contribution in [3.63, 3.8) is 0 Å². The highest BCUT2D eigenvalue weighted by atomic mass is 16.1. The van der Waals surface area contributed by atoms with Crippen molar-refractivity contribution in [2.24, 2.45) is 5.84 Å². The molecule has 0 unspecified atom stereocenters. The normalized spacial score (nSPS) is 11.2. The van der Waals surface area contributed by atoms with Crippen molar-refractivity contribution in [3.05, 3.63) is 23.4 Å². The summed E-state index contributed by atoms with van der Waals surface area (Å²) in [4.78, 5) is 16.6. The Morgan fingerprint density at radius 3 is 2.42 bits per heavy atom. The molecule has 106 valence electrons. The fourth-order valence-electron chi connectivity index (χ4n) is 1.75. The molecular weight excluding hydrogens is 240 g/mol. The van der Waals surface area contributed by atoms with Gasteiger partial charge in [0, 0.05) is 16.8 Å². The SMILES string of the molecule is CCc1cc(C(=O)NC(C)(CC)CC)cc(NN)n1. The summed E-state index contributed by atoms with van der Waals surface area (Å²) in [5.41, 5.74) is 3.75. The molecule has 0 bridgehead atoms. The van der Waals surface area contributed by atoms with Crippen LogP contribution in [-0.4, -0.2) is 16.4 Å². The molecule has 0 atom stereocenters. The van der Waals surface area contributed by atoms with Crippen LogP contribution in [0.4, 0.5) is 5.82 Å². The van der Waals surface area contributed by atoms with Gasteiger partial charge >= 0.3 is 0 Å². The van der Waals surface area contributed by atoms with Gasteiger partial charge in [-0.3, -0.25) is 4.79 Å². The van der Waals surface area contributed by atoms with Crippen LogP contribution in [0.25, 0.3) is 0 Å². The maximum atomic E-state index is 12.3. The van der Waals surface area contributed by atoms with E-state index in [9.17, 15) is 4.79 Å². The van der Waals surface area contributed by atoms with E-state index in [4.69, 9.17) is 5.84 Å². The van der Waals surface area contributed by atoms with Crippen molar-refractivity contribution in [1.29, 1.82) is 0 Å². The van der Waals surface area contributed by atoms with Crippen molar-refractivity contribution >= 4 is 11.7 Å². The van der Waals surface area contributed by atoms with E-state index in [2.05, 4.69) is 36.5 Å². The Kier molecular flexibility index (Phi) is 5.30. The molecule has 0 aliphatic rings. The van der Waals surface area contributed by atoms with Crippen LogP contribution in [0.15, 0.2) is 12.1 Å². The largest absolute Gasteiger partial charge is 0.347 e. The molecule has 0 radical (unpaired) electrons. The first kappa shape index (κ1) is 15.4. The van der Waals surface area contributed by atoms with E-state index in [-0.39, 0.29) is 11.4 Å². The minimum atomic E-state index is -0.178. The number of amides is 1. The lowest BCUT2D eigenvalue weighted by atomic mass is 9.95. The third-order valence-corrected chi connectivity index (χ3v) is 3.63. The van der Waals surface area contributed by atoms with Gasteiger partial charge in [0.05, 0.1) is 0 Å². The summed E-state index contributed by atoms with van der Waals surface area (Å²) in [6.07, 6.45) is 2.54. The summed E-state index contributed by atoms with van der Waals surface area (Å²) in [6, 6.07) is 3.47. The number of hydrogen-bond acceptors (Lipinski definition) is 4. The molecule has 19 heavy (non-hydrogen) atoms. The lowest BCUT2D eigenvalue weighted by molar-refractivity contribution is 0.0901. The predicted octanol–water partition coefficient (Wildman–Crippen LogP) is 2.24. The van der Waals surface area contributed by atoms with Crippen molar-refractivity contribution in [2.45, 2.75) is 52.5 Å². The molecule has 0 saturated heterocycles. The average Bonchev–Trinajstić information content (AvgIpc) is 2.46. The molecule has 0 aliphatic carbocycles. The second-order valence-corrected chi connectivity index (χ2v) is 4.95. The summed E-state index contributed by atoms with van der Waals surface area (Å²) < 4.78 is 0. The van der Waals surface area contributed by atoms with Crippen LogP contribution in [0.2, 0.25) is 0 Å². The van der Waals surface area contributed by atoms with E-state index in [1.807, 2.05) is 13.0 Å². The molecule has 1 rings (SSSR count). The molecule has 1 aromatic heterocycles. The number of nitrogens with zero attached hydrogens (tertiary/aromatic N) is 1. The maximum Gasteiger partial charge on any atom is 0.251 e. The zero-order chi connectivity index (χ0) is 14.5. The van der Waals surface area contributed by atoms with Crippen molar-refractivity contribution in [1.82, 2.24) is 10.3 Å². The minimum absolute atomic E-state index is 0.0835. The zero-order valence-electron chi connectivity index (χ0n) is 12.2. The summed E-state index contributed by atoms with van der Waals surface area (Å²) in [6.45, 7) is 8.18.